The molecule has 0 aromatic heterocycles. The van der Waals surface area contributed by atoms with Crippen molar-refractivity contribution >= 4 is 5.91 Å². The molecule has 1 rings (SSSR count). The monoisotopic (exact) mass is 237 g/mol. The Kier molecular flexibility index (Phi) is 5.49. The molecule has 17 heavy (non-hydrogen) atoms. The number of amides is 1. The molecular weight excluding hydrogens is 218 g/mol. The minimum Gasteiger partial charge on any atom is -0.497 e. The third-order valence-electron chi connectivity index (χ3n) is 2.57. The third kappa shape index (κ3) is 4.44. The first kappa shape index (κ1) is 13.5. The van der Waals surface area contributed by atoms with Crippen molar-refractivity contribution in [2.45, 2.75) is 19.4 Å². The van der Waals surface area contributed by atoms with Crippen LogP contribution in [0.4, 0.5) is 0 Å². The molecule has 1 amide bonds. The van der Waals surface area contributed by atoms with E-state index >= 15 is 0 Å². The van der Waals surface area contributed by atoms with Gasteiger partial charge in [0.1, 0.15) is 5.75 Å². The lowest BCUT2D eigenvalue weighted by molar-refractivity contribution is 0.0917. The van der Waals surface area contributed by atoms with E-state index in [-0.39, 0.29) is 12.0 Å². The van der Waals surface area contributed by atoms with Crippen LogP contribution in [0.2, 0.25) is 0 Å². The van der Waals surface area contributed by atoms with Gasteiger partial charge in [-0.1, -0.05) is 6.07 Å². The predicted octanol–water partition coefficient (Wildman–Crippen LogP) is 1.85. The second kappa shape index (κ2) is 6.91. The Hall–Kier alpha value is -1.55. The van der Waals surface area contributed by atoms with E-state index in [0.717, 1.165) is 6.42 Å². The summed E-state index contributed by atoms with van der Waals surface area (Å²) in [7, 11) is 3.24. The summed E-state index contributed by atoms with van der Waals surface area (Å²) in [4.78, 5) is 11.8. The third-order valence-corrected chi connectivity index (χ3v) is 2.57. The van der Waals surface area contributed by atoms with E-state index in [9.17, 15) is 4.79 Å². The van der Waals surface area contributed by atoms with E-state index in [0.29, 0.717) is 17.9 Å². The van der Waals surface area contributed by atoms with Crippen LogP contribution in [0.5, 0.6) is 5.75 Å². The summed E-state index contributed by atoms with van der Waals surface area (Å²) in [5, 5.41) is 2.84. The Morgan fingerprint density at radius 2 is 2.18 bits per heavy atom. The zero-order valence-corrected chi connectivity index (χ0v) is 10.5. The Balaban J connectivity index is 2.46. The molecule has 4 heteroatoms. The number of carbonyl (C=O) groups is 1. The molecule has 1 aromatic rings. The van der Waals surface area contributed by atoms with Crippen molar-refractivity contribution in [3.63, 3.8) is 0 Å². The summed E-state index contributed by atoms with van der Waals surface area (Å²) in [6.07, 6.45) is 0.951. The number of hydrogen-bond donors (Lipinski definition) is 1. The molecule has 4 nitrogen and oxygen atoms in total. The van der Waals surface area contributed by atoms with Gasteiger partial charge in [0.2, 0.25) is 0 Å². The minimum atomic E-state index is -0.0906. The van der Waals surface area contributed by atoms with Crippen molar-refractivity contribution in [2.75, 3.05) is 20.8 Å². The molecule has 0 saturated carbocycles. The van der Waals surface area contributed by atoms with Gasteiger partial charge in [0.05, 0.1) is 13.2 Å². The highest BCUT2D eigenvalue weighted by atomic mass is 16.5. The van der Waals surface area contributed by atoms with Gasteiger partial charge < -0.3 is 14.8 Å². The average molecular weight is 237 g/mol. The Labute approximate surface area is 102 Å². The number of carbonyl (C=O) groups excluding carboxylic acids is 1. The Morgan fingerprint density at radius 1 is 1.41 bits per heavy atom. The fourth-order valence-corrected chi connectivity index (χ4v) is 1.37. The summed E-state index contributed by atoms with van der Waals surface area (Å²) in [6, 6.07) is 7.09. The second-order valence-electron chi connectivity index (χ2n) is 3.82. The number of benzene rings is 1. The quantitative estimate of drug-likeness (QED) is 0.821. The molecule has 0 unspecified atom stereocenters. The van der Waals surface area contributed by atoms with E-state index in [2.05, 4.69) is 5.32 Å². The minimum absolute atomic E-state index is 0.0906. The lowest BCUT2D eigenvalue weighted by atomic mass is 10.2. The van der Waals surface area contributed by atoms with Crippen LogP contribution < -0.4 is 10.1 Å². The highest BCUT2D eigenvalue weighted by molar-refractivity contribution is 5.94. The van der Waals surface area contributed by atoms with Crippen LogP contribution in [-0.4, -0.2) is 32.8 Å². The molecule has 0 bridgehead atoms. The van der Waals surface area contributed by atoms with Gasteiger partial charge >= 0.3 is 0 Å². The van der Waals surface area contributed by atoms with Gasteiger partial charge in [-0.05, 0) is 31.5 Å². The van der Waals surface area contributed by atoms with Gasteiger partial charge in [-0.15, -0.1) is 0 Å². The van der Waals surface area contributed by atoms with Crippen LogP contribution in [0.25, 0.3) is 0 Å². The van der Waals surface area contributed by atoms with Crippen molar-refractivity contribution in [1.82, 2.24) is 5.32 Å². The van der Waals surface area contributed by atoms with Gasteiger partial charge in [0.25, 0.3) is 5.91 Å². The smallest absolute Gasteiger partial charge is 0.251 e. The molecule has 0 fully saturated rings. The van der Waals surface area contributed by atoms with Gasteiger partial charge in [0.15, 0.2) is 0 Å². The molecule has 1 N–H and O–H groups in total. The number of hydrogen-bond acceptors (Lipinski definition) is 3. The van der Waals surface area contributed by atoms with Crippen LogP contribution in [0, 0.1) is 0 Å². The molecule has 0 radical (unpaired) electrons. The average Bonchev–Trinajstić information content (AvgIpc) is 2.38. The molecule has 0 saturated heterocycles. The van der Waals surface area contributed by atoms with Crippen molar-refractivity contribution < 1.29 is 14.3 Å². The fourth-order valence-electron chi connectivity index (χ4n) is 1.37. The van der Waals surface area contributed by atoms with Crippen LogP contribution in [0.3, 0.4) is 0 Å². The Bertz CT molecular complexity index is 365. The van der Waals surface area contributed by atoms with Crippen molar-refractivity contribution in [2.24, 2.45) is 0 Å². The van der Waals surface area contributed by atoms with E-state index in [1.807, 2.05) is 13.0 Å². The van der Waals surface area contributed by atoms with Crippen LogP contribution in [0.1, 0.15) is 23.7 Å². The molecule has 1 aromatic carbocycles. The van der Waals surface area contributed by atoms with E-state index in [1.54, 1.807) is 32.4 Å². The van der Waals surface area contributed by atoms with Gasteiger partial charge in [-0.3, -0.25) is 4.79 Å². The first-order valence-corrected chi connectivity index (χ1v) is 5.62. The maximum absolute atomic E-state index is 11.8. The molecule has 1 atom stereocenters. The highest BCUT2D eigenvalue weighted by Gasteiger charge is 2.06. The number of rotatable bonds is 6. The summed E-state index contributed by atoms with van der Waals surface area (Å²) in [6.45, 7) is 2.57. The molecule has 94 valence electrons. The molecule has 0 aliphatic heterocycles. The van der Waals surface area contributed by atoms with Crippen LogP contribution >= 0.6 is 0 Å². The molecular formula is C13H19NO3. The highest BCUT2D eigenvalue weighted by Crippen LogP contribution is 2.12. The predicted molar refractivity (Wildman–Crippen MR) is 66.4 cm³/mol. The van der Waals surface area contributed by atoms with Gasteiger partial charge in [-0.25, -0.2) is 0 Å². The maximum Gasteiger partial charge on any atom is 0.251 e. The van der Waals surface area contributed by atoms with Crippen molar-refractivity contribution in [1.29, 1.82) is 0 Å². The topological polar surface area (TPSA) is 47.6 Å². The first-order valence-electron chi connectivity index (χ1n) is 5.62. The first-order chi connectivity index (χ1) is 8.17. The number of ether oxygens (including phenoxy) is 2. The standard InChI is InChI=1S/C13H19NO3/c1-10(16-2)7-8-14-13(15)11-5-4-6-12(9-11)17-3/h4-6,9-10H,7-8H2,1-3H3,(H,14,15)/t10-/m0/s1. The summed E-state index contributed by atoms with van der Waals surface area (Å²) < 4.78 is 10.2. The van der Waals surface area contributed by atoms with E-state index in [4.69, 9.17) is 9.47 Å². The summed E-state index contributed by atoms with van der Waals surface area (Å²) in [5.74, 6) is 0.593. The summed E-state index contributed by atoms with van der Waals surface area (Å²) >= 11 is 0. The van der Waals surface area contributed by atoms with Gasteiger partial charge in [-0.2, -0.15) is 0 Å². The normalized spacial score (nSPS) is 11.9. The number of nitrogens with one attached hydrogen (secondary N) is 1. The van der Waals surface area contributed by atoms with Crippen molar-refractivity contribution in [3.8, 4) is 5.75 Å². The zero-order valence-electron chi connectivity index (χ0n) is 10.5. The molecule has 0 heterocycles. The maximum atomic E-state index is 11.8. The molecule has 0 spiro atoms. The SMILES string of the molecule is COc1cccc(C(=O)NCC[C@H](C)OC)c1. The number of methoxy groups -OCH3 is 2. The molecule has 0 aliphatic carbocycles. The Morgan fingerprint density at radius 3 is 2.82 bits per heavy atom. The molecule has 0 aliphatic rings. The van der Waals surface area contributed by atoms with E-state index in [1.165, 1.54) is 0 Å². The van der Waals surface area contributed by atoms with Crippen LogP contribution in [-0.2, 0) is 4.74 Å². The van der Waals surface area contributed by atoms with Crippen LogP contribution in [0.15, 0.2) is 24.3 Å². The zero-order chi connectivity index (χ0) is 12.7. The van der Waals surface area contributed by atoms with Gasteiger partial charge in [0, 0.05) is 19.2 Å². The fraction of sp³-hybridized carbons (Fsp3) is 0.462. The largest absolute Gasteiger partial charge is 0.497 e. The second-order valence-corrected chi connectivity index (χ2v) is 3.82. The van der Waals surface area contributed by atoms with Crippen molar-refractivity contribution in [3.05, 3.63) is 29.8 Å². The lowest BCUT2D eigenvalue weighted by Gasteiger charge is -2.10. The van der Waals surface area contributed by atoms with E-state index < -0.39 is 0 Å². The lowest BCUT2D eigenvalue weighted by Crippen LogP contribution is -2.26. The summed E-state index contributed by atoms with van der Waals surface area (Å²) in [5.41, 5.74) is 0.606.